The van der Waals surface area contributed by atoms with Gasteiger partial charge in [-0.25, -0.2) is 13.6 Å². The van der Waals surface area contributed by atoms with Gasteiger partial charge in [0.05, 0.1) is 11.6 Å². The van der Waals surface area contributed by atoms with E-state index in [0.29, 0.717) is 0 Å². The van der Waals surface area contributed by atoms with Crippen molar-refractivity contribution in [2.45, 2.75) is 6.04 Å². The molecule has 0 saturated heterocycles. The second-order valence-corrected chi connectivity index (χ2v) is 6.61. The Morgan fingerprint density at radius 3 is 2.44 bits per heavy atom. The first-order chi connectivity index (χ1) is 13.0. The smallest absolute Gasteiger partial charge is 0.338 e. The number of hydrogen-bond acceptors (Lipinski definition) is 4. The molecule has 1 atom stereocenters. The number of benzene rings is 2. The highest BCUT2D eigenvalue weighted by atomic mass is 32.1. The van der Waals surface area contributed by atoms with Crippen LogP contribution < -0.4 is 5.32 Å². The van der Waals surface area contributed by atoms with Gasteiger partial charge in [0.2, 0.25) is 0 Å². The third-order valence-electron chi connectivity index (χ3n) is 3.76. The molecule has 0 radical (unpaired) electrons. The van der Waals surface area contributed by atoms with Crippen molar-refractivity contribution >= 4 is 23.2 Å². The zero-order chi connectivity index (χ0) is 19.2. The van der Waals surface area contributed by atoms with Gasteiger partial charge in [0.15, 0.2) is 18.2 Å². The molecular formula is C20H15F2NO3S. The van der Waals surface area contributed by atoms with Crippen molar-refractivity contribution in [2.75, 3.05) is 6.61 Å². The molecule has 3 rings (SSSR count). The molecule has 0 aliphatic heterocycles. The van der Waals surface area contributed by atoms with Gasteiger partial charge in [-0.2, -0.15) is 0 Å². The number of rotatable bonds is 6. The fraction of sp³-hybridized carbons (Fsp3) is 0.100. The van der Waals surface area contributed by atoms with Crippen molar-refractivity contribution in [1.29, 1.82) is 0 Å². The lowest BCUT2D eigenvalue weighted by molar-refractivity contribution is -0.124. The fourth-order valence-electron chi connectivity index (χ4n) is 2.46. The van der Waals surface area contributed by atoms with Crippen LogP contribution in [0, 0.1) is 11.6 Å². The van der Waals surface area contributed by atoms with Gasteiger partial charge in [-0.05, 0) is 35.2 Å². The van der Waals surface area contributed by atoms with Crippen molar-refractivity contribution in [3.05, 3.63) is 93.7 Å². The molecule has 0 saturated carbocycles. The molecule has 0 fully saturated rings. The second-order valence-electron chi connectivity index (χ2n) is 5.63. The first kappa shape index (κ1) is 18.7. The van der Waals surface area contributed by atoms with Crippen molar-refractivity contribution in [2.24, 2.45) is 0 Å². The molecule has 3 aromatic rings. The van der Waals surface area contributed by atoms with Crippen LogP contribution in [0.3, 0.4) is 0 Å². The van der Waals surface area contributed by atoms with E-state index < -0.39 is 30.1 Å². The molecule has 1 amide bonds. The molecule has 0 unspecified atom stereocenters. The highest BCUT2D eigenvalue weighted by Crippen LogP contribution is 2.25. The van der Waals surface area contributed by atoms with E-state index in [1.54, 1.807) is 0 Å². The highest BCUT2D eigenvalue weighted by Gasteiger charge is 2.19. The number of nitrogens with one attached hydrogen (secondary N) is 1. The Morgan fingerprint density at radius 2 is 1.78 bits per heavy atom. The van der Waals surface area contributed by atoms with E-state index in [2.05, 4.69) is 5.32 Å². The predicted molar refractivity (Wildman–Crippen MR) is 97.4 cm³/mol. The number of thiophene rings is 1. The minimum Gasteiger partial charge on any atom is -0.452 e. The van der Waals surface area contributed by atoms with Gasteiger partial charge in [0.25, 0.3) is 5.91 Å². The Balaban J connectivity index is 1.64. The maximum Gasteiger partial charge on any atom is 0.338 e. The standard InChI is InChI=1S/C20H15F2NO3S/c21-15-9-8-14(11-16(15)22)20(25)26-12-18(24)23-19(17-7-4-10-27-17)13-5-2-1-3-6-13/h1-11,19H,12H2,(H,23,24)/t19-/m1/s1. The Morgan fingerprint density at radius 1 is 1.00 bits per heavy atom. The monoisotopic (exact) mass is 387 g/mol. The fourth-order valence-corrected chi connectivity index (χ4v) is 3.26. The van der Waals surface area contributed by atoms with Crippen LogP contribution in [0.5, 0.6) is 0 Å². The minimum atomic E-state index is -1.16. The Kier molecular flexibility index (Phi) is 5.93. The second kappa shape index (κ2) is 8.55. The molecule has 7 heteroatoms. The summed E-state index contributed by atoms with van der Waals surface area (Å²) >= 11 is 1.49. The van der Waals surface area contributed by atoms with Gasteiger partial charge in [-0.15, -0.1) is 11.3 Å². The number of hydrogen-bond donors (Lipinski definition) is 1. The zero-order valence-electron chi connectivity index (χ0n) is 14.0. The molecule has 27 heavy (non-hydrogen) atoms. The lowest BCUT2D eigenvalue weighted by atomic mass is 10.1. The summed E-state index contributed by atoms with van der Waals surface area (Å²) in [5, 5.41) is 4.73. The number of halogens is 2. The first-order valence-corrected chi connectivity index (χ1v) is 8.92. The molecule has 0 spiro atoms. The lowest BCUT2D eigenvalue weighted by Gasteiger charge is -2.18. The third kappa shape index (κ3) is 4.77. The van der Waals surface area contributed by atoms with Crippen molar-refractivity contribution < 1.29 is 23.1 Å². The van der Waals surface area contributed by atoms with Crippen LogP contribution in [0.15, 0.2) is 66.0 Å². The molecule has 0 aliphatic carbocycles. The molecule has 0 aliphatic rings. The summed E-state index contributed by atoms with van der Waals surface area (Å²) in [4.78, 5) is 25.1. The summed E-state index contributed by atoms with van der Waals surface area (Å²) in [7, 11) is 0. The molecule has 1 N–H and O–H groups in total. The molecule has 138 valence electrons. The van der Waals surface area contributed by atoms with E-state index in [4.69, 9.17) is 4.74 Å². The SMILES string of the molecule is O=C(COC(=O)c1ccc(F)c(F)c1)N[C@H](c1ccccc1)c1cccs1. The van der Waals surface area contributed by atoms with Crippen LogP contribution in [-0.2, 0) is 9.53 Å². The van der Waals surface area contributed by atoms with Crippen LogP contribution >= 0.6 is 11.3 Å². The van der Waals surface area contributed by atoms with Gasteiger partial charge >= 0.3 is 5.97 Å². The van der Waals surface area contributed by atoms with Crippen LogP contribution in [-0.4, -0.2) is 18.5 Å². The average molecular weight is 387 g/mol. The Labute approximate surface area is 158 Å². The summed E-state index contributed by atoms with van der Waals surface area (Å²) in [5.74, 6) is -3.63. The minimum absolute atomic E-state index is 0.167. The van der Waals surface area contributed by atoms with Crippen LogP contribution in [0.2, 0.25) is 0 Å². The summed E-state index contributed by atoms with van der Waals surface area (Å²) in [6, 6.07) is 15.4. The molecular weight excluding hydrogens is 372 g/mol. The highest BCUT2D eigenvalue weighted by molar-refractivity contribution is 7.10. The summed E-state index contributed by atoms with van der Waals surface area (Å²) in [6.45, 7) is -0.535. The molecule has 1 heterocycles. The van der Waals surface area contributed by atoms with Gasteiger partial charge in [0, 0.05) is 4.88 Å². The molecule has 1 aromatic heterocycles. The van der Waals surface area contributed by atoms with Crippen molar-refractivity contribution in [3.8, 4) is 0 Å². The molecule has 2 aromatic carbocycles. The summed E-state index contributed by atoms with van der Waals surface area (Å²) in [5.41, 5.74) is 0.722. The predicted octanol–water partition coefficient (Wildman–Crippen LogP) is 4.09. The maximum atomic E-state index is 13.2. The summed E-state index contributed by atoms with van der Waals surface area (Å²) < 4.78 is 31.0. The molecule has 4 nitrogen and oxygen atoms in total. The number of carbonyl (C=O) groups excluding carboxylic acids is 2. The maximum absolute atomic E-state index is 13.2. The van der Waals surface area contributed by atoms with E-state index in [1.807, 2.05) is 47.8 Å². The molecule has 0 bridgehead atoms. The Bertz CT molecular complexity index is 930. The topological polar surface area (TPSA) is 55.4 Å². The van der Waals surface area contributed by atoms with Gasteiger partial charge in [0.1, 0.15) is 0 Å². The average Bonchev–Trinajstić information content (AvgIpc) is 3.21. The largest absolute Gasteiger partial charge is 0.452 e. The van der Waals surface area contributed by atoms with E-state index >= 15 is 0 Å². The van der Waals surface area contributed by atoms with Crippen molar-refractivity contribution in [1.82, 2.24) is 5.32 Å². The Hall–Kier alpha value is -3.06. The van der Waals surface area contributed by atoms with Gasteiger partial charge < -0.3 is 10.1 Å². The van der Waals surface area contributed by atoms with E-state index in [0.717, 1.165) is 28.6 Å². The third-order valence-corrected chi connectivity index (χ3v) is 4.69. The normalized spacial score (nSPS) is 11.6. The van der Waals surface area contributed by atoms with Gasteiger partial charge in [-0.1, -0.05) is 36.4 Å². The van der Waals surface area contributed by atoms with Gasteiger partial charge in [-0.3, -0.25) is 4.79 Å². The lowest BCUT2D eigenvalue weighted by Crippen LogP contribution is -2.32. The summed E-state index contributed by atoms with van der Waals surface area (Å²) in [6.07, 6.45) is 0. The van der Waals surface area contributed by atoms with Crippen LogP contribution in [0.1, 0.15) is 26.8 Å². The van der Waals surface area contributed by atoms with E-state index in [-0.39, 0.29) is 11.6 Å². The van der Waals surface area contributed by atoms with Crippen LogP contribution in [0.25, 0.3) is 0 Å². The van der Waals surface area contributed by atoms with Crippen LogP contribution in [0.4, 0.5) is 8.78 Å². The van der Waals surface area contributed by atoms with E-state index in [9.17, 15) is 18.4 Å². The van der Waals surface area contributed by atoms with Crippen molar-refractivity contribution in [3.63, 3.8) is 0 Å². The number of esters is 1. The number of ether oxygens (including phenoxy) is 1. The number of amides is 1. The zero-order valence-corrected chi connectivity index (χ0v) is 14.8. The quantitative estimate of drug-likeness (QED) is 0.648. The van der Waals surface area contributed by atoms with E-state index in [1.165, 1.54) is 11.3 Å². The number of carbonyl (C=O) groups is 2. The first-order valence-electron chi connectivity index (χ1n) is 8.04.